The molecule has 25 heavy (non-hydrogen) atoms. The van der Waals surface area contributed by atoms with Crippen LogP contribution in [0.15, 0.2) is 48.5 Å². The van der Waals surface area contributed by atoms with Crippen molar-refractivity contribution in [2.75, 3.05) is 13.7 Å². The molecule has 0 saturated carbocycles. The number of benzene rings is 2. The molecule has 1 amide bonds. The summed E-state index contributed by atoms with van der Waals surface area (Å²) in [7, 11) is 1.63. The maximum atomic E-state index is 12.0. The van der Waals surface area contributed by atoms with Crippen molar-refractivity contribution in [3.8, 4) is 11.5 Å². The Hall–Kier alpha value is -2.49. The minimum atomic E-state index is 0.0436. The summed E-state index contributed by atoms with van der Waals surface area (Å²) in [6.07, 6.45) is 2.38. The number of hydrogen-bond donors (Lipinski definition) is 1. The Morgan fingerprint density at radius 1 is 1.04 bits per heavy atom. The van der Waals surface area contributed by atoms with Gasteiger partial charge in [-0.15, -0.1) is 0 Å². The lowest BCUT2D eigenvalue weighted by Crippen LogP contribution is -2.26. The maximum absolute atomic E-state index is 12.0. The highest BCUT2D eigenvalue weighted by Gasteiger charge is 2.04. The summed E-state index contributed by atoms with van der Waals surface area (Å²) in [5, 5.41) is 2.98. The van der Waals surface area contributed by atoms with Crippen molar-refractivity contribution < 1.29 is 14.3 Å². The van der Waals surface area contributed by atoms with E-state index >= 15 is 0 Å². The van der Waals surface area contributed by atoms with Gasteiger partial charge in [0.25, 0.3) is 0 Å². The molecule has 0 unspecified atom stereocenters. The van der Waals surface area contributed by atoms with Crippen LogP contribution in [0.5, 0.6) is 11.5 Å². The van der Waals surface area contributed by atoms with Gasteiger partial charge in [-0.3, -0.25) is 4.79 Å². The van der Waals surface area contributed by atoms with E-state index in [-0.39, 0.29) is 12.0 Å². The lowest BCUT2D eigenvalue weighted by Gasteiger charge is -2.11. The quantitative estimate of drug-likeness (QED) is 0.706. The Kier molecular flexibility index (Phi) is 7.33. The number of methoxy groups -OCH3 is 1. The first kappa shape index (κ1) is 18.8. The maximum Gasteiger partial charge on any atom is 0.224 e. The van der Waals surface area contributed by atoms with Crippen LogP contribution in [0, 0.1) is 0 Å². The molecule has 4 nitrogen and oxygen atoms in total. The Labute approximate surface area is 150 Å². The number of amides is 1. The van der Waals surface area contributed by atoms with Crippen LogP contribution in [-0.2, 0) is 17.6 Å². The summed E-state index contributed by atoms with van der Waals surface area (Å²) in [4.78, 5) is 12.0. The Bertz CT molecular complexity index is 665. The first-order valence-electron chi connectivity index (χ1n) is 8.72. The molecule has 0 heterocycles. The van der Waals surface area contributed by atoms with Crippen molar-refractivity contribution in [1.29, 1.82) is 0 Å². The van der Waals surface area contributed by atoms with Crippen LogP contribution in [0.25, 0.3) is 0 Å². The van der Waals surface area contributed by atoms with Crippen molar-refractivity contribution in [1.82, 2.24) is 5.32 Å². The van der Waals surface area contributed by atoms with Crippen LogP contribution in [-0.4, -0.2) is 25.7 Å². The molecule has 0 spiro atoms. The molecule has 0 atom stereocenters. The zero-order chi connectivity index (χ0) is 18.1. The second-order valence-electron chi connectivity index (χ2n) is 6.29. The van der Waals surface area contributed by atoms with Gasteiger partial charge in [0, 0.05) is 6.54 Å². The molecule has 2 rings (SSSR count). The molecule has 4 heteroatoms. The summed E-state index contributed by atoms with van der Waals surface area (Å²) in [5.74, 6) is 1.74. The standard InChI is InChI=1S/C21H27NO3/c1-16(2)25-20-8-4-6-17(14-20)7-5-13-22-21(23)15-18-9-11-19(24-3)12-10-18/h4,6,8-12,14,16H,5,7,13,15H2,1-3H3,(H,22,23). The van der Waals surface area contributed by atoms with E-state index in [9.17, 15) is 4.79 Å². The van der Waals surface area contributed by atoms with E-state index in [1.807, 2.05) is 50.2 Å². The van der Waals surface area contributed by atoms with Gasteiger partial charge in [-0.25, -0.2) is 0 Å². The molecule has 2 aromatic rings. The van der Waals surface area contributed by atoms with E-state index < -0.39 is 0 Å². The van der Waals surface area contributed by atoms with E-state index in [4.69, 9.17) is 9.47 Å². The first-order valence-corrected chi connectivity index (χ1v) is 8.72. The molecule has 0 radical (unpaired) electrons. The van der Waals surface area contributed by atoms with Gasteiger partial charge in [0.15, 0.2) is 0 Å². The van der Waals surface area contributed by atoms with Crippen LogP contribution >= 0.6 is 0 Å². The fourth-order valence-electron chi connectivity index (χ4n) is 2.56. The van der Waals surface area contributed by atoms with Gasteiger partial charge in [0.1, 0.15) is 11.5 Å². The fourth-order valence-corrected chi connectivity index (χ4v) is 2.56. The third-order valence-electron chi connectivity index (χ3n) is 3.76. The van der Waals surface area contributed by atoms with Gasteiger partial charge in [-0.05, 0) is 62.1 Å². The third-order valence-corrected chi connectivity index (χ3v) is 3.76. The molecule has 0 aliphatic rings. The van der Waals surface area contributed by atoms with Crippen molar-refractivity contribution >= 4 is 5.91 Å². The summed E-state index contributed by atoms with van der Waals surface area (Å²) >= 11 is 0. The molecule has 0 fully saturated rings. The molecule has 0 aliphatic heterocycles. The van der Waals surface area contributed by atoms with Crippen LogP contribution in [0.3, 0.4) is 0 Å². The monoisotopic (exact) mass is 341 g/mol. The SMILES string of the molecule is COc1ccc(CC(=O)NCCCc2cccc(OC(C)C)c2)cc1. The number of aryl methyl sites for hydroxylation is 1. The van der Waals surface area contributed by atoms with Gasteiger partial charge in [0.2, 0.25) is 5.91 Å². The molecule has 0 bridgehead atoms. The zero-order valence-corrected chi connectivity index (χ0v) is 15.2. The molecule has 0 aliphatic carbocycles. The topological polar surface area (TPSA) is 47.6 Å². The van der Waals surface area contributed by atoms with E-state index in [1.54, 1.807) is 7.11 Å². The number of ether oxygens (including phenoxy) is 2. The molecule has 134 valence electrons. The highest BCUT2D eigenvalue weighted by atomic mass is 16.5. The van der Waals surface area contributed by atoms with Crippen molar-refractivity contribution in [2.24, 2.45) is 0 Å². The number of carbonyl (C=O) groups is 1. The predicted octanol–water partition coefficient (Wildman–Crippen LogP) is 3.77. The number of carbonyl (C=O) groups excluding carboxylic acids is 1. The average molecular weight is 341 g/mol. The van der Waals surface area contributed by atoms with Gasteiger partial charge >= 0.3 is 0 Å². The lowest BCUT2D eigenvalue weighted by atomic mass is 10.1. The summed E-state index contributed by atoms with van der Waals surface area (Å²) in [6.45, 7) is 4.71. The smallest absolute Gasteiger partial charge is 0.224 e. The van der Waals surface area contributed by atoms with E-state index in [0.717, 1.165) is 29.9 Å². The van der Waals surface area contributed by atoms with E-state index in [1.165, 1.54) is 5.56 Å². The number of nitrogens with one attached hydrogen (secondary N) is 1. The van der Waals surface area contributed by atoms with Crippen LogP contribution in [0.4, 0.5) is 0 Å². The Balaban J connectivity index is 1.70. The molecule has 1 N–H and O–H groups in total. The number of rotatable bonds is 9. The van der Waals surface area contributed by atoms with Crippen LogP contribution < -0.4 is 14.8 Å². The normalized spacial score (nSPS) is 10.6. The predicted molar refractivity (Wildman–Crippen MR) is 100 cm³/mol. The van der Waals surface area contributed by atoms with Crippen LogP contribution in [0.2, 0.25) is 0 Å². The van der Waals surface area contributed by atoms with E-state index in [2.05, 4.69) is 17.4 Å². The molecule has 0 saturated heterocycles. The van der Waals surface area contributed by atoms with Gasteiger partial charge in [-0.2, -0.15) is 0 Å². The van der Waals surface area contributed by atoms with Gasteiger partial charge < -0.3 is 14.8 Å². The minimum absolute atomic E-state index is 0.0436. The molecular formula is C21H27NO3. The van der Waals surface area contributed by atoms with Crippen molar-refractivity contribution in [3.05, 3.63) is 59.7 Å². The second kappa shape index (κ2) is 9.72. The fraction of sp³-hybridized carbons (Fsp3) is 0.381. The second-order valence-corrected chi connectivity index (χ2v) is 6.29. The lowest BCUT2D eigenvalue weighted by molar-refractivity contribution is -0.120. The summed E-state index contributed by atoms with van der Waals surface area (Å²) < 4.78 is 10.8. The Morgan fingerprint density at radius 3 is 2.48 bits per heavy atom. The first-order chi connectivity index (χ1) is 12.1. The highest BCUT2D eigenvalue weighted by molar-refractivity contribution is 5.78. The molecule has 2 aromatic carbocycles. The summed E-state index contributed by atoms with van der Waals surface area (Å²) in [6, 6.07) is 15.7. The molecule has 0 aromatic heterocycles. The molecular weight excluding hydrogens is 314 g/mol. The average Bonchev–Trinajstić information content (AvgIpc) is 2.59. The van der Waals surface area contributed by atoms with Crippen LogP contribution in [0.1, 0.15) is 31.4 Å². The summed E-state index contributed by atoms with van der Waals surface area (Å²) in [5.41, 5.74) is 2.21. The van der Waals surface area contributed by atoms with Gasteiger partial charge in [0.05, 0.1) is 19.6 Å². The van der Waals surface area contributed by atoms with Gasteiger partial charge in [-0.1, -0.05) is 24.3 Å². The van der Waals surface area contributed by atoms with Crippen molar-refractivity contribution in [3.63, 3.8) is 0 Å². The third kappa shape index (κ3) is 6.87. The largest absolute Gasteiger partial charge is 0.497 e. The zero-order valence-electron chi connectivity index (χ0n) is 15.2. The van der Waals surface area contributed by atoms with E-state index in [0.29, 0.717) is 13.0 Å². The Morgan fingerprint density at radius 2 is 1.80 bits per heavy atom. The minimum Gasteiger partial charge on any atom is -0.497 e. The van der Waals surface area contributed by atoms with Crippen molar-refractivity contribution in [2.45, 2.75) is 39.2 Å². The number of hydrogen-bond acceptors (Lipinski definition) is 3. The highest BCUT2D eigenvalue weighted by Crippen LogP contribution is 2.16.